The van der Waals surface area contributed by atoms with E-state index in [2.05, 4.69) is 15.3 Å². The van der Waals surface area contributed by atoms with E-state index >= 15 is 0 Å². The molecule has 0 aliphatic carbocycles. The molecule has 0 spiro atoms. The molecule has 0 radical (unpaired) electrons. The number of nitrogens with one attached hydrogen (secondary N) is 1. The maximum absolute atomic E-state index is 13.1. The van der Waals surface area contributed by atoms with Gasteiger partial charge in [-0.2, -0.15) is 0 Å². The van der Waals surface area contributed by atoms with Gasteiger partial charge in [0, 0.05) is 54.4 Å². The number of anilines is 2. The second kappa shape index (κ2) is 7.63. The molecule has 0 aliphatic rings. The van der Waals surface area contributed by atoms with Gasteiger partial charge in [-0.1, -0.05) is 0 Å². The van der Waals surface area contributed by atoms with Crippen molar-refractivity contribution in [3.05, 3.63) is 71.4 Å². The minimum absolute atomic E-state index is 0.117. The van der Waals surface area contributed by atoms with Crippen molar-refractivity contribution in [3.63, 3.8) is 0 Å². The Morgan fingerprint density at radius 3 is 2.31 bits per heavy atom. The van der Waals surface area contributed by atoms with E-state index in [4.69, 9.17) is 9.47 Å². The second-order valence-corrected chi connectivity index (χ2v) is 6.51. The smallest absolute Gasteiger partial charge is 0.258 e. The van der Waals surface area contributed by atoms with E-state index in [9.17, 15) is 4.79 Å². The van der Waals surface area contributed by atoms with E-state index in [-0.39, 0.29) is 5.56 Å². The lowest BCUT2D eigenvalue weighted by molar-refractivity contribution is 0.394. The van der Waals surface area contributed by atoms with Gasteiger partial charge >= 0.3 is 0 Å². The number of fused-ring (bicyclic) bond motifs is 1. The molecule has 0 saturated carbocycles. The first kappa shape index (κ1) is 18.5. The van der Waals surface area contributed by atoms with E-state index in [1.54, 1.807) is 50.5 Å². The fourth-order valence-electron chi connectivity index (χ4n) is 3.19. The maximum atomic E-state index is 13.1. The fraction of sp³-hybridized carbons (Fsp3) is 0.136. The van der Waals surface area contributed by atoms with Gasteiger partial charge in [0.2, 0.25) is 0 Å². The molecule has 1 aromatic carbocycles. The Kier molecular flexibility index (Phi) is 4.87. The predicted octanol–water partition coefficient (Wildman–Crippen LogP) is 3.76. The van der Waals surface area contributed by atoms with Crippen LogP contribution in [0.25, 0.3) is 22.0 Å². The minimum atomic E-state index is -0.117. The van der Waals surface area contributed by atoms with Crippen molar-refractivity contribution >= 4 is 22.4 Å². The number of rotatable bonds is 5. The van der Waals surface area contributed by atoms with Crippen molar-refractivity contribution < 1.29 is 9.47 Å². The molecule has 0 fully saturated rings. The average Bonchev–Trinajstić information content (AvgIpc) is 2.76. The van der Waals surface area contributed by atoms with Crippen LogP contribution in [0.1, 0.15) is 0 Å². The number of methoxy groups -OCH3 is 2. The van der Waals surface area contributed by atoms with E-state index < -0.39 is 0 Å². The molecule has 0 bridgehead atoms. The van der Waals surface area contributed by atoms with Gasteiger partial charge in [-0.15, -0.1) is 0 Å². The van der Waals surface area contributed by atoms with Crippen molar-refractivity contribution in [2.24, 2.45) is 7.05 Å². The van der Waals surface area contributed by atoms with Crippen molar-refractivity contribution in [1.29, 1.82) is 0 Å². The van der Waals surface area contributed by atoms with E-state index in [1.807, 2.05) is 36.4 Å². The van der Waals surface area contributed by atoms with Crippen molar-refractivity contribution in [2.75, 3.05) is 19.5 Å². The lowest BCUT2D eigenvalue weighted by atomic mass is 10.0. The van der Waals surface area contributed by atoms with Crippen molar-refractivity contribution in [2.45, 2.75) is 0 Å². The number of pyridine rings is 3. The molecule has 0 atom stereocenters. The Balaban J connectivity index is 1.81. The quantitative estimate of drug-likeness (QED) is 0.561. The molecule has 4 aromatic rings. The van der Waals surface area contributed by atoms with Crippen LogP contribution in [-0.4, -0.2) is 28.8 Å². The van der Waals surface area contributed by atoms with Crippen LogP contribution in [0.5, 0.6) is 11.5 Å². The van der Waals surface area contributed by atoms with Gasteiger partial charge in [-0.3, -0.25) is 9.78 Å². The third kappa shape index (κ3) is 3.62. The maximum Gasteiger partial charge on any atom is 0.258 e. The zero-order valence-electron chi connectivity index (χ0n) is 16.3. The monoisotopic (exact) mass is 388 g/mol. The number of nitrogens with zero attached hydrogens (tertiary/aromatic N) is 3. The van der Waals surface area contributed by atoms with Crippen molar-refractivity contribution in [3.8, 4) is 22.6 Å². The molecule has 146 valence electrons. The predicted molar refractivity (Wildman–Crippen MR) is 113 cm³/mol. The first-order valence-corrected chi connectivity index (χ1v) is 8.99. The summed E-state index contributed by atoms with van der Waals surface area (Å²) in [5.41, 5.74) is 2.81. The molecule has 0 amide bonds. The number of aryl methyl sites for hydroxylation is 1. The molecule has 7 nitrogen and oxygen atoms in total. The average molecular weight is 388 g/mol. The third-order valence-electron chi connectivity index (χ3n) is 4.72. The Hall–Kier alpha value is -3.87. The van der Waals surface area contributed by atoms with E-state index in [1.165, 1.54) is 0 Å². The molecule has 0 saturated heterocycles. The minimum Gasteiger partial charge on any atom is -0.497 e. The summed E-state index contributed by atoms with van der Waals surface area (Å²) in [6.45, 7) is 0. The molecule has 29 heavy (non-hydrogen) atoms. The highest BCUT2D eigenvalue weighted by Crippen LogP contribution is 2.30. The van der Waals surface area contributed by atoms with Gasteiger partial charge in [-0.25, -0.2) is 4.98 Å². The third-order valence-corrected chi connectivity index (χ3v) is 4.72. The van der Waals surface area contributed by atoms with Crippen LogP contribution < -0.4 is 20.3 Å². The van der Waals surface area contributed by atoms with Crippen LogP contribution in [0, 0.1) is 0 Å². The van der Waals surface area contributed by atoms with E-state index in [0.717, 1.165) is 22.2 Å². The first-order valence-electron chi connectivity index (χ1n) is 8.99. The fourth-order valence-corrected chi connectivity index (χ4v) is 3.19. The van der Waals surface area contributed by atoms with Crippen LogP contribution in [0.3, 0.4) is 0 Å². The van der Waals surface area contributed by atoms with Gasteiger partial charge < -0.3 is 19.4 Å². The standard InChI is InChI=1S/C22H20N4O3/c1-26-20-12-21(25-16-4-6-23-7-5-16)24-13-15(20)10-19(22(26)27)14-8-17(28-2)11-18(9-14)29-3/h4-13H,1-3H3,(H,23,24,25). The highest BCUT2D eigenvalue weighted by molar-refractivity contribution is 5.86. The highest BCUT2D eigenvalue weighted by atomic mass is 16.5. The largest absolute Gasteiger partial charge is 0.497 e. The number of hydrogen-bond donors (Lipinski definition) is 1. The number of hydrogen-bond acceptors (Lipinski definition) is 6. The zero-order valence-corrected chi connectivity index (χ0v) is 16.3. The molecule has 3 heterocycles. The van der Waals surface area contributed by atoms with Crippen LogP contribution in [-0.2, 0) is 7.05 Å². The summed E-state index contributed by atoms with van der Waals surface area (Å²) in [5.74, 6) is 1.89. The number of ether oxygens (including phenoxy) is 2. The Bertz CT molecular complexity index is 1210. The zero-order chi connectivity index (χ0) is 20.4. The van der Waals surface area contributed by atoms with E-state index in [0.29, 0.717) is 22.9 Å². The molecule has 0 aliphatic heterocycles. The Morgan fingerprint density at radius 1 is 0.966 bits per heavy atom. The van der Waals surface area contributed by atoms with Crippen LogP contribution in [0.4, 0.5) is 11.5 Å². The number of benzene rings is 1. The Labute approximate surface area is 167 Å². The van der Waals surface area contributed by atoms with Gasteiger partial charge in [-0.05, 0) is 35.9 Å². The molecule has 4 rings (SSSR count). The molecule has 3 aromatic heterocycles. The van der Waals surface area contributed by atoms with Gasteiger partial charge in [0.25, 0.3) is 5.56 Å². The van der Waals surface area contributed by atoms with Crippen LogP contribution in [0.15, 0.2) is 65.8 Å². The summed E-state index contributed by atoms with van der Waals surface area (Å²) in [6, 6.07) is 12.8. The first-order chi connectivity index (χ1) is 14.1. The molecule has 0 unspecified atom stereocenters. The SMILES string of the molecule is COc1cc(OC)cc(-c2cc3cnc(Nc4ccncc4)cc3n(C)c2=O)c1. The molecular formula is C22H20N4O3. The van der Waals surface area contributed by atoms with Gasteiger partial charge in [0.15, 0.2) is 0 Å². The Morgan fingerprint density at radius 2 is 1.66 bits per heavy atom. The summed E-state index contributed by atoms with van der Waals surface area (Å²) in [5, 5.41) is 4.07. The molecule has 7 heteroatoms. The lowest BCUT2D eigenvalue weighted by Crippen LogP contribution is -2.19. The lowest BCUT2D eigenvalue weighted by Gasteiger charge is -2.13. The molecular weight excluding hydrogens is 368 g/mol. The van der Waals surface area contributed by atoms with Crippen molar-refractivity contribution in [1.82, 2.24) is 14.5 Å². The molecule has 1 N–H and O–H groups in total. The van der Waals surface area contributed by atoms with Gasteiger partial charge in [0.1, 0.15) is 17.3 Å². The van der Waals surface area contributed by atoms with Crippen LogP contribution >= 0.6 is 0 Å². The summed E-state index contributed by atoms with van der Waals surface area (Å²) >= 11 is 0. The summed E-state index contributed by atoms with van der Waals surface area (Å²) in [4.78, 5) is 21.6. The van der Waals surface area contributed by atoms with Gasteiger partial charge in [0.05, 0.1) is 19.7 Å². The highest BCUT2D eigenvalue weighted by Gasteiger charge is 2.12. The number of aromatic nitrogens is 3. The summed E-state index contributed by atoms with van der Waals surface area (Å²) in [7, 11) is 4.92. The summed E-state index contributed by atoms with van der Waals surface area (Å²) in [6.07, 6.45) is 5.15. The summed E-state index contributed by atoms with van der Waals surface area (Å²) < 4.78 is 12.3. The second-order valence-electron chi connectivity index (χ2n) is 6.51. The topological polar surface area (TPSA) is 78.3 Å². The normalized spacial score (nSPS) is 10.7. The van der Waals surface area contributed by atoms with Crippen LogP contribution in [0.2, 0.25) is 0 Å².